The lowest BCUT2D eigenvalue weighted by Gasteiger charge is -2.47. The van der Waals surface area contributed by atoms with Gasteiger partial charge in [-0.1, -0.05) is 55.1 Å². The minimum atomic E-state index is -4.56. The third kappa shape index (κ3) is 15.8. The Morgan fingerprint density at radius 1 is 0.762 bits per heavy atom. The van der Waals surface area contributed by atoms with Crippen LogP contribution in [-0.2, 0) is 52.6 Å². The number of primary amides is 1. The Bertz CT molecular complexity index is 4600. The van der Waals surface area contributed by atoms with E-state index in [0.29, 0.717) is 6.07 Å². The molecule has 542 valence electrons. The Hall–Kier alpha value is -9.20. The monoisotopic (exact) mass is 1460 g/mol. The Kier molecular flexibility index (Phi) is 17.8. The minimum Gasteiger partial charge on any atom is -0.508 e. The summed E-state index contributed by atoms with van der Waals surface area (Å²) >= 11 is 14.0. The number of nitrogens with one attached hydrogen (secondary N) is 7. The molecule has 7 aliphatic rings. The van der Waals surface area contributed by atoms with Crippen molar-refractivity contribution in [1.29, 1.82) is 0 Å². The van der Waals surface area contributed by atoms with E-state index >= 15 is 19.2 Å². The zero-order valence-electron chi connectivity index (χ0n) is 64.5. The fraction of sp³-hybridized carbons (Fsp3) is 0.424. The summed E-state index contributed by atoms with van der Waals surface area (Å²) in [5.41, 5.74) is 6.70. The normalized spacial score (nSPS) is 32.5. The molecule has 0 aliphatic carbocycles. The summed E-state index contributed by atoms with van der Waals surface area (Å²) in [6, 6.07) is -7.97. The van der Waals surface area contributed by atoms with Crippen molar-refractivity contribution in [1.82, 2.24) is 37.2 Å². The molecule has 19 atom stereocenters. The van der Waals surface area contributed by atoms with E-state index in [1.165, 1.54) is 19.2 Å². The maximum Gasteiger partial charge on any atom is 0.330 e. The number of aliphatic hydroxyl groups excluding tert-OH is 6. The molecular formula is C66H75Cl2N9O24. The van der Waals surface area contributed by atoms with Crippen LogP contribution in [0.5, 0.6) is 46.0 Å². The van der Waals surface area contributed by atoms with Crippen LogP contribution in [0, 0.1) is 5.89 Å². The summed E-state index contributed by atoms with van der Waals surface area (Å²) in [5.74, 6) is -24.5. The average molecular weight is 1460 g/mol. The number of ether oxygens (including phenoxy) is 6. The molecule has 7 heterocycles. The number of carboxylic acids is 1. The first-order chi connectivity index (χ1) is 52.4. The highest BCUT2D eigenvalue weighted by atomic mass is 35.5. The third-order valence-corrected chi connectivity index (χ3v) is 17.6. The van der Waals surface area contributed by atoms with E-state index in [1.807, 2.05) is 5.32 Å². The number of phenols is 3. The molecule has 5 aromatic carbocycles. The number of amides is 7. The molecule has 12 rings (SSSR count). The summed E-state index contributed by atoms with van der Waals surface area (Å²) in [5, 5.41) is 127. The van der Waals surface area contributed by atoms with Crippen LogP contribution in [0.15, 0.2) is 78.9 Å². The molecule has 33 nitrogen and oxygen atoms in total. The van der Waals surface area contributed by atoms with Crippen molar-refractivity contribution in [2.45, 2.75) is 156 Å². The molecule has 0 radical (unpaired) electrons. The van der Waals surface area contributed by atoms with E-state index in [9.17, 15) is 71.6 Å². The zero-order chi connectivity index (χ0) is 83.8. The van der Waals surface area contributed by atoms with Crippen molar-refractivity contribution in [3.63, 3.8) is 0 Å². The van der Waals surface area contributed by atoms with Gasteiger partial charge in [-0.2, -0.15) is 0 Å². The Morgan fingerprint density at radius 3 is 2.00 bits per heavy atom. The Balaban J connectivity index is 1.25. The summed E-state index contributed by atoms with van der Waals surface area (Å²) in [4.78, 5) is 119. The van der Waals surface area contributed by atoms with Gasteiger partial charge in [0, 0.05) is 49.8 Å². The van der Waals surface area contributed by atoms with Crippen LogP contribution in [0.3, 0.4) is 0 Å². The lowest BCUT2D eigenvalue weighted by molar-refractivity contribution is -0.333. The number of aromatic hydroxyl groups is 3. The predicted octanol–water partition coefficient (Wildman–Crippen LogP) is 0.106. The first-order valence-corrected chi connectivity index (χ1v) is 31.1. The highest BCUT2D eigenvalue weighted by Crippen LogP contribution is 2.50. The van der Waals surface area contributed by atoms with Gasteiger partial charge in [-0.15, -0.1) is 0 Å². The molecule has 11 bridgehead atoms. The molecule has 2 fully saturated rings. The van der Waals surface area contributed by atoms with Gasteiger partial charge in [0.15, 0.2) is 29.9 Å². The van der Waals surface area contributed by atoms with E-state index in [1.54, 1.807) is 5.32 Å². The Morgan fingerprint density at radius 2 is 1.40 bits per heavy atom. The lowest BCUT2D eigenvalue weighted by Crippen LogP contribution is -2.64. The van der Waals surface area contributed by atoms with Gasteiger partial charge in [0.1, 0.15) is 89.5 Å². The van der Waals surface area contributed by atoms with E-state index in [4.69, 9.17) is 78.2 Å². The summed E-state index contributed by atoms with van der Waals surface area (Å²) < 4.78 is 138. The van der Waals surface area contributed by atoms with Crippen molar-refractivity contribution in [2.75, 3.05) is 13.6 Å². The van der Waals surface area contributed by atoms with Crippen LogP contribution in [0.25, 0.3) is 11.1 Å². The maximum absolute atomic E-state index is 16.1. The van der Waals surface area contributed by atoms with Gasteiger partial charge < -0.3 is 128 Å². The first kappa shape index (κ1) is 59.5. The second kappa shape index (κ2) is 30.2. The molecular weight excluding hydrogens is 1370 g/mol. The number of hydrogen-bond donors (Lipinski definition) is 19. The van der Waals surface area contributed by atoms with Crippen molar-refractivity contribution in [3.05, 3.63) is 117 Å². The quantitative estimate of drug-likeness (QED) is 0.0743. The molecule has 0 spiro atoms. The Labute approximate surface area is 601 Å². The minimum absolute atomic E-state index is 0.333. The lowest BCUT2D eigenvalue weighted by atomic mass is 9.86. The molecule has 7 aliphatic heterocycles. The topological polar surface area (TPSA) is 530 Å². The number of nitrogens with two attached hydrogens (primary N) is 2. The van der Waals surface area contributed by atoms with E-state index in [2.05, 4.69) is 21.3 Å². The third-order valence-electron chi connectivity index (χ3n) is 17.0. The number of benzene rings is 5. The summed E-state index contributed by atoms with van der Waals surface area (Å²) in [6.07, 6.45) is -25.4. The van der Waals surface area contributed by atoms with E-state index < -0.39 is 292 Å². The maximum atomic E-state index is 16.1. The van der Waals surface area contributed by atoms with Gasteiger partial charge in [0.05, 0.1) is 42.7 Å². The smallest absolute Gasteiger partial charge is 0.330 e. The van der Waals surface area contributed by atoms with Crippen LogP contribution in [-0.4, -0.2) is 191 Å². The number of phenolic OH excluding ortho intramolecular Hbond substituents is 3. The van der Waals surface area contributed by atoms with Crippen molar-refractivity contribution < 1.29 is 134 Å². The highest BCUT2D eigenvalue weighted by Gasteiger charge is 2.51. The molecule has 0 saturated carbocycles. The van der Waals surface area contributed by atoms with Crippen molar-refractivity contribution in [3.8, 4) is 57.1 Å². The van der Waals surface area contributed by atoms with Crippen molar-refractivity contribution in [2.24, 2.45) is 17.4 Å². The predicted molar refractivity (Wildman–Crippen MR) is 349 cm³/mol. The number of carbonyl (C=O) groups is 8. The van der Waals surface area contributed by atoms with E-state index in [0.717, 1.165) is 72.8 Å². The second-order valence-electron chi connectivity index (χ2n) is 24.2. The van der Waals surface area contributed by atoms with Gasteiger partial charge in [-0.25, -0.2) is 4.79 Å². The molecule has 5 aromatic rings. The first-order valence-electron chi connectivity index (χ1n) is 36.5. The van der Waals surface area contributed by atoms with Gasteiger partial charge in [-0.05, 0) is 110 Å². The fourth-order valence-electron chi connectivity index (χ4n) is 11.9. The number of carboxylic acid groups (broad SMARTS) is 1. The van der Waals surface area contributed by atoms with Gasteiger partial charge >= 0.3 is 5.97 Å². The fourth-order valence-corrected chi connectivity index (χ4v) is 12.4. The van der Waals surface area contributed by atoms with Crippen LogP contribution < -0.4 is 62.9 Å². The number of aliphatic carboxylic acids is 1. The van der Waals surface area contributed by atoms with E-state index in [-0.39, 0.29) is 12.0 Å². The average Bonchev–Trinajstić information content (AvgIpc) is 0.712. The number of aliphatic hydroxyl groups is 6. The van der Waals surface area contributed by atoms with Crippen LogP contribution in [0.1, 0.15) is 121 Å². The molecule has 2 saturated heterocycles. The molecule has 7 amide bonds. The van der Waals surface area contributed by atoms with Crippen LogP contribution in [0.4, 0.5) is 0 Å². The van der Waals surface area contributed by atoms with Gasteiger partial charge in [0.2, 0.25) is 53.4 Å². The van der Waals surface area contributed by atoms with Gasteiger partial charge in [-0.3, -0.25) is 33.6 Å². The standard InChI is InChI=1S/C66H75Cl2N9O24/c1-23(2)12-34(71-5)58(88)76-49-51(83)26-7-10-38(32(67)14-26)97-40-16-28-17-41(55(40)101-65-56(54(86)53(85)42(22-78)99-65)100-44-21-66(4,70)57(87)24(3)96-44)98-39-11-8-27(15-33(39)68)52(84)50-63(93)75-48(64(94)95)31-18-29(79)19-37(81)45(31)30-13-25(6-9-36(30)80)46(60(90)77-50)74-61(91)47(28)73-59(89)35(20-43(69)82)72-62(49)92/h6-11,13-19,23-24,34-35,42,44,46-54,56-57,65,71,78-81,83-87H,12,20-22,70H2,1-5H3,(H2,69,82)(H,72,92)(H,73,89)(H,74,91)(H,75,93)(H,76,88)(H,77,90)(H,94,95)/t24-,34?,35-,42+,44-,46+,47+,48-,49+,50-,51+,52+,53+,54-,56+,57+,65-,66-/m0/s1/i1D2,2D3,5D3,12D2,23D,34D/t23?,24-,34?,35-,42+,44-,46+,47+,48-,49+,50-,51+,52+,53+,54-,56+,57+,65-,66-. The number of carbonyl (C=O) groups excluding carboxylic acids is 7. The molecule has 21 N–H and O–H groups in total. The van der Waals surface area contributed by atoms with Crippen LogP contribution in [0.2, 0.25) is 10.0 Å². The molecule has 35 heteroatoms. The number of halogens is 2. The molecule has 0 aromatic heterocycles. The second-order valence-corrected chi connectivity index (χ2v) is 25.1. The largest absolute Gasteiger partial charge is 0.508 e. The van der Waals surface area contributed by atoms with Crippen molar-refractivity contribution >= 4 is 70.5 Å². The van der Waals surface area contributed by atoms with Gasteiger partial charge in [0.25, 0.3) is 0 Å². The molecule has 2 unspecified atom stereocenters. The summed E-state index contributed by atoms with van der Waals surface area (Å²) in [7, 11) is 0. The van der Waals surface area contributed by atoms with Crippen LogP contribution >= 0.6 is 23.2 Å². The highest BCUT2D eigenvalue weighted by molar-refractivity contribution is 6.32. The molecule has 101 heavy (non-hydrogen) atoms. The summed E-state index contributed by atoms with van der Waals surface area (Å²) in [6.45, 7) is -9.46. The number of likely N-dealkylation sites (N-methyl/N-ethyl adjacent to an activating group) is 1. The number of fused-ring (bicyclic) bond motifs is 15. The number of hydrogen-bond acceptors (Lipinski definition) is 25. The number of rotatable bonds is 13. The SMILES string of the molecule is [2H]C([2H])C([2H])(C([2H])([2H])[2H])C([2H])([2H])C([2H])(NC([2H])([2H])[2H])C(=O)N[C@H]1C(=O)N[C@@H](CC(N)=O)C(=O)N[C@H]2C(=O)N[C@H]3C(=O)N[C@H](C(=O)N[C@H](C(=O)O)c4cc(O)cc(O)c4-c4cc3ccc4O)[C@H](O)c3ccc(c(Cl)c3)Oc3cc2cc(c3O[C@@H]2O[C@H](CO)[C@@H](O)[C@H](O)[C@H]2O[C@H]2C[C@](C)(N)[C@H](O)[C@H](C)O2)Oc2ccc(cc2Cl)[C@H]1O. The zero-order valence-corrected chi connectivity index (χ0v) is 54.1.